The molecule has 2 amide bonds. The van der Waals surface area contributed by atoms with Gasteiger partial charge in [-0.3, -0.25) is 14.5 Å². The number of carbonyl (C=O) groups excluding carboxylic acids is 3. The van der Waals surface area contributed by atoms with Gasteiger partial charge in [0.25, 0.3) is 11.8 Å². The molecule has 1 aliphatic rings. The van der Waals surface area contributed by atoms with Crippen molar-refractivity contribution in [2.75, 3.05) is 7.11 Å². The normalized spacial score (nSPS) is 13.4. The van der Waals surface area contributed by atoms with Gasteiger partial charge in [-0.2, -0.15) is 0 Å². The fourth-order valence-corrected chi connectivity index (χ4v) is 3.02. The van der Waals surface area contributed by atoms with Gasteiger partial charge in [0.15, 0.2) is 0 Å². The van der Waals surface area contributed by atoms with Crippen LogP contribution in [0.3, 0.4) is 0 Å². The Bertz CT molecular complexity index is 907. The number of ether oxygens (including phenoxy) is 2. The molecule has 1 aliphatic heterocycles. The molecule has 0 fully saturated rings. The molecular weight excluding hydrogens is 322 g/mol. The summed E-state index contributed by atoms with van der Waals surface area (Å²) in [5.41, 5.74) is 0.742. The van der Waals surface area contributed by atoms with E-state index in [9.17, 15) is 14.4 Å². The van der Waals surface area contributed by atoms with Crippen molar-refractivity contribution >= 4 is 28.6 Å². The molecule has 2 aromatic carbocycles. The highest BCUT2D eigenvalue weighted by atomic mass is 16.5. The maximum atomic E-state index is 12.8. The summed E-state index contributed by atoms with van der Waals surface area (Å²) in [5.74, 6) is -0.785. The SMILES string of the molecule is C=CC(=O)Oc1ccc2c3c(ccc(OC)c13)C(=O)N(C(C)C)C2=O. The summed E-state index contributed by atoms with van der Waals surface area (Å²) in [4.78, 5) is 38.4. The third-order valence-corrected chi connectivity index (χ3v) is 4.10. The molecule has 128 valence electrons. The van der Waals surface area contributed by atoms with Gasteiger partial charge in [0.1, 0.15) is 11.5 Å². The van der Waals surface area contributed by atoms with E-state index in [0.717, 1.165) is 6.08 Å². The van der Waals surface area contributed by atoms with E-state index >= 15 is 0 Å². The number of esters is 1. The average molecular weight is 339 g/mol. The Kier molecular flexibility index (Phi) is 4.04. The summed E-state index contributed by atoms with van der Waals surface area (Å²) in [6, 6.07) is 6.05. The van der Waals surface area contributed by atoms with Crippen molar-refractivity contribution in [3.8, 4) is 11.5 Å². The van der Waals surface area contributed by atoms with Crippen molar-refractivity contribution in [1.29, 1.82) is 0 Å². The molecule has 0 N–H and O–H groups in total. The Morgan fingerprint density at radius 2 is 1.60 bits per heavy atom. The molecule has 0 aromatic heterocycles. The highest BCUT2D eigenvalue weighted by Gasteiger charge is 2.36. The third kappa shape index (κ3) is 2.46. The molecule has 0 unspecified atom stereocenters. The predicted molar refractivity (Wildman–Crippen MR) is 92.0 cm³/mol. The van der Waals surface area contributed by atoms with Gasteiger partial charge in [0, 0.05) is 28.6 Å². The molecule has 25 heavy (non-hydrogen) atoms. The summed E-state index contributed by atoms with van der Waals surface area (Å²) >= 11 is 0. The smallest absolute Gasteiger partial charge is 0.335 e. The van der Waals surface area contributed by atoms with E-state index < -0.39 is 5.97 Å². The van der Waals surface area contributed by atoms with Gasteiger partial charge in [-0.05, 0) is 38.1 Å². The Morgan fingerprint density at radius 1 is 1.04 bits per heavy atom. The van der Waals surface area contributed by atoms with Crippen molar-refractivity contribution in [2.45, 2.75) is 19.9 Å². The van der Waals surface area contributed by atoms with Gasteiger partial charge < -0.3 is 9.47 Å². The summed E-state index contributed by atoms with van der Waals surface area (Å²) in [6.07, 6.45) is 1.04. The van der Waals surface area contributed by atoms with Crippen molar-refractivity contribution in [3.63, 3.8) is 0 Å². The number of hydrogen-bond donors (Lipinski definition) is 0. The van der Waals surface area contributed by atoms with E-state index in [1.54, 1.807) is 32.0 Å². The Balaban J connectivity index is 2.36. The topological polar surface area (TPSA) is 72.9 Å². The van der Waals surface area contributed by atoms with Gasteiger partial charge >= 0.3 is 5.97 Å². The molecule has 0 saturated carbocycles. The van der Waals surface area contributed by atoms with Crippen LogP contribution in [0.25, 0.3) is 10.8 Å². The van der Waals surface area contributed by atoms with Crippen LogP contribution in [0.15, 0.2) is 36.9 Å². The zero-order valence-electron chi connectivity index (χ0n) is 14.2. The van der Waals surface area contributed by atoms with E-state index in [2.05, 4.69) is 6.58 Å². The Morgan fingerprint density at radius 3 is 2.08 bits per heavy atom. The van der Waals surface area contributed by atoms with Crippen molar-refractivity contribution in [2.24, 2.45) is 0 Å². The lowest BCUT2D eigenvalue weighted by Gasteiger charge is -2.30. The average Bonchev–Trinajstić information content (AvgIpc) is 2.59. The van der Waals surface area contributed by atoms with Crippen LogP contribution in [0.4, 0.5) is 0 Å². The minimum absolute atomic E-state index is 0.209. The number of amides is 2. The molecule has 0 radical (unpaired) electrons. The lowest BCUT2D eigenvalue weighted by Crippen LogP contribution is -2.44. The zero-order chi connectivity index (χ0) is 18.3. The first-order valence-corrected chi connectivity index (χ1v) is 7.76. The minimum atomic E-state index is -0.639. The second-order valence-corrected chi connectivity index (χ2v) is 5.88. The second-order valence-electron chi connectivity index (χ2n) is 5.88. The van der Waals surface area contributed by atoms with Crippen LogP contribution < -0.4 is 9.47 Å². The maximum absolute atomic E-state index is 12.8. The third-order valence-electron chi connectivity index (χ3n) is 4.10. The van der Waals surface area contributed by atoms with E-state index in [1.165, 1.54) is 18.1 Å². The number of carbonyl (C=O) groups is 3. The highest BCUT2D eigenvalue weighted by molar-refractivity contribution is 6.27. The fourth-order valence-electron chi connectivity index (χ4n) is 3.02. The van der Waals surface area contributed by atoms with Gasteiger partial charge in [-0.25, -0.2) is 4.79 Å². The summed E-state index contributed by atoms with van der Waals surface area (Å²) < 4.78 is 10.6. The molecule has 0 saturated heterocycles. The van der Waals surface area contributed by atoms with E-state index in [-0.39, 0.29) is 23.6 Å². The fraction of sp³-hybridized carbons (Fsp3) is 0.211. The summed E-state index contributed by atoms with van der Waals surface area (Å²) in [7, 11) is 1.47. The number of imide groups is 1. The number of hydrogen-bond acceptors (Lipinski definition) is 5. The first-order valence-electron chi connectivity index (χ1n) is 7.76. The quantitative estimate of drug-likeness (QED) is 0.371. The van der Waals surface area contributed by atoms with Crippen molar-refractivity contribution in [1.82, 2.24) is 4.90 Å². The van der Waals surface area contributed by atoms with Crippen LogP contribution in [0.1, 0.15) is 34.6 Å². The highest BCUT2D eigenvalue weighted by Crippen LogP contribution is 2.41. The van der Waals surface area contributed by atoms with Crippen LogP contribution in [-0.2, 0) is 4.79 Å². The molecule has 3 rings (SSSR count). The van der Waals surface area contributed by atoms with Crippen LogP contribution in [0, 0.1) is 0 Å². The van der Waals surface area contributed by atoms with Gasteiger partial charge in [0.05, 0.1) is 12.5 Å². The zero-order valence-corrected chi connectivity index (χ0v) is 14.2. The lowest BCUT2D eigenvalue weighted by atomic mass is 9.92. The van der Waals surface area contributed by atoms with Gasteiger partial charge in [-0.15, -0.1) is 0 Å². The lowest BCUT2D eigenvalue weighted by molar-refractivity contribution is -0.128. The number of methoxy groups -OCH3 is 1. The molecule has 0 spiro atoms. The van der Waals surface area contributed by atoms with Crippen molar-refractivity contribution < 1.29 is 23.9 Å². The van der Waals surface area contributed by atoms with Crippen molar-refractivity contribution in [3.05, 3.63) is 48.0 Å². The molecule has 2 aromatic rings. The first-order chi connectivity index (χ1) is 11.9. The van der Waals surface area contributed by atoms with E-state index in [1.807, 2.05) is 0 Å². The number of rotatable bonds is 4. The van der Waals surface area contributed by atoms with Crippen LogP contribution in [-0.4, -0.2) is 35.8 Å². The first kappa shape index (κ1) is 16.7. The minimum Gasteiger partial charge on any atom is -0.496 e. The van der Waals surface area contributed by atoms with Gasteiger partial charge in [-0.1, -0.05) is 6.58 Å². The van der Waals surface area contributed by atoms with Gasteiger partial charge in [0.2, 0.25) is 0 Å². The molecule has 0 atom stereocenters. The molecule has 0 aliphatic carbocycles. The van der Waals surface area contributed by atoms with Crippen LogP contribution in [0.2, 0.25) is 0 Å². The standard InChI is InChI=1S/C19H17NO5/c1-5-15(21)25-14-9-7-12-16-11(6-8-13(24-4)17(14)16)18(22)20(10(2)3)19(12)23/h5-10H,1H2,2-4H3. The van der Waals surface area contributed by atoms with Crippen LogP contribution >= 0.6 is 0 Å². The van der Waals surface area contributed by atoms with E-state index in [4.69, 9.17) is 9.47 Å². The summed E-state index contributed by atoms with van der Waals surface area (Å²) in [5, 5.41) is 0.846. The number of benzene rings is 2. The molecule has 6 heteroatoms. The second kappa shape index (κ2) is 6.05. The Labute approximate surface area is 144 Å². The maximum Gasteiger partial charge on any atom is 0.335 e. The molecular formula is C19H17NO5. The predicted octanol–water partition coefficient (Wildman–Crippen LogP) is 2.94. The number of nitrogens with zero attached hydrogens (tertiary/aromatic N) is 1. The Hall–Kier alpha value is -3.15. The molecule has 6 nitrogen and oxygen atoms in total. The van der Waals surface area contributed by atoms with Crippen LogP contribution in [0.5, 0.6) is 11.5 Å². The van der Waals surface area contributed by atoms with E-state index in [0.29, 0.717) is 27.6 Å². The molecule has 0 bridgehead atoms. The molecule has 1 heterocycles. The largest absolute Gasteiger partial charge is 0.496 e. The monoisotopic (exact) mass is 339 g/mol. The summed E-state index contributed by atoms with van der Waals surface area (Å²) in [6.45, 7) is 6.93.